The number of rotatable bonds is 2. The number of aromatic amines is 1. The number of halogens is 2. The molecular formula is C15H11Cl2NO2. The van der Waals surface area contributed by atoms with Gasteiger partial charge in [-0.15, -0.1) is 11.6 Å². The summed E-state index contributed by atoms with van der Waals surface area (Å²) < 4.78 is 5.04. The molecule has 1 heterocycles. The molecule has 1 N–H and O–H groups in total. The molecule has 5 heteroatoms. The monoisotopic (exact) mass is 307 g/mol. The molecule has 0 bridgehead atoms. The van der Waals surface area contributed by atoms with Gasteiger partial charge in [-0.3, -0.25) is 4.98 Å². The maximum Gasteiger partial charge on any atom is 0.417 e. The van der Waals surface area contributed by atoms with Crippen LogP contribution in [0.15, 0.2) is 45.6 Å². The number of aromatic nitrogens is 1. The minimum Gasteiger partial charge on any atom is -0.408 e. The molecule has 1 aromatic heterocycles. The predicted molar refractivity (Wildman–Crippen MR) is 80.7 cm³/mol. The Labute approximate surface area is 125 Å². The highest BCUT2D eigenvalue weighted by molar-refractivity contribution is 6.31. The van der Waals surface area contributed by atoms with Crippen molar-refractivity contribution in [2.24, 2.45) is 0 Å². The van der Waals surface area contributed by atoms with Gasteiger partial charge in [0.15, 0.2) is 5.58 Å². The lowest BCUT2D eigenvalue weighted by Crippen LogP contribution is -1.94. The Hall–Kier alpha value is -1.71. The van der Waals surface area contributed by atoms with Gasteiger partial charge in [-0.2, -0.15) is 0 Å². The summed E-state index contributed by atoms with van der Waals surface area (Å²) in [6.07, 6.45) is 0. The van der Waals surface area contributed by atoms with Crippen LogP contribution in [0.5, 0.6) is 0 Å². The lowest BCUT2D eigenvalue weighted by atomic mass is 10.0. The summed E-state index contributed by atoms with van der Waals surface area (Å²) in [5.41, 5.74) is 3.91. The summed E-state index contributed by atoms with van der Waals surface area (Å²) in [6.45, 7) is 1.94. The predicted octanol–water partition coefficient (Wildman–Crippen LogP) is 4.41. The molecule has 2 aromatic carbocycles. The quantitative estimate of drug-likeness (QED) is 0.713. The summed E-state index contributed by atoms with van der Waals surface area (Å²) in [5, 5.41) is 0.333. The van der Waals surface area contributed by atoms with Crippen molar-refractivity contribution in [2.45, 2.75) is 12.3 Å². The molecule has 3 aromatic rings. The Balaban J connectivity index is 2.04. The fourth-order valence-electron chi connectivity index (χ4n) is 2.08. The van der Waals surface area contributed by atoms with E-state index in [-0.39, 0.29) is 5.38 Å². The third-order valence-electron chi connectivity index (χ3n) is 3.23. The number of H-pyrrole nitrogens is 1. The van der Waals surface area contributed by atoms with E-state index in [1.54, 1.807) is 12.1 Å². The van der Waals surface area contributed by atoms with E-state index in [0.29, 0.717) is 16.1 Å². The Morgan fingerprint density at radius 2 is 1.85 bits per heavy atom. The molecule has 3 nitrogen and oxygen atoms in total. The molecule has 102 valence electrons. The third-order valence-corrected chi connectivity index (χ3v) is 4.14. The molecule has 0 aliphatic heterocycles. The largest absolute Gasteiger partial charge is 0.417 e. The number of oxazole rings is 1. The molecule has 3 rings (SSSR count). The van der Waals surface area contributed by atoms with Crippen LogP contribution in [0.1, 0.15) is 22.1 Å². The van der Waals surface area contributed by atoms with Crippen LogP contribution in [0.4, 0.5) is 0 Å². The van der Waals surface area contributed by atoms with Gasteiger partial charge in [-0.25, -0.2) is 4.79 Å². The van der Waals surface area contributed by atoms with E-state index >= 15 is 0 Å². The van der Waals surface area contributed by atoms with Crippen LogP contribution >= 0.6 is 23.2 Å². The molecule has 0 aliphatic rings. The number of aryl methyl sites for hydroxylation is 1. The first-order valence-electron chi connectivity index (χ1n) is 6.07. The minimum atomic E-state index is -0.471. The molecule has 0 spiro atoms. The average molecular weight is 308 g/mol. The van der Waals surface area contributed by atoms with Gasteiger partial charge >= 0.3 is 5.76 Å². The maximum absolute atomic E-state index is 11.1. The van der Waals surface area contributed by atoms with E-state index in [4.69, 9.17) is 27.6 Å². The van der Waals surface area contributed by atoms with E-state index in [9.17, 15) is 4.79 Å². The average Bonchev–Trinajstić information content (AvgIpc) is 2.80. The number of fused-ring (bicyclic) bond motifs is 1. The van der Waals surface area contributed by atoms with Gasteiger partial charge in [-0.1, -0.05) is 29.8 Å². The Kier molecular flexibility index (Phi) is 3.32. The second kappa shape index (κ2) is 5.00. The van der Waals surface area contributed by atoms with Gasteiger partial charge in [-0.05, 0) is 41.8 Å². The molecule has 1 unspecified atom stereocenters. The summed E-state index contributed by atoms with van der Waals surface area (Å²) in [6, 6.07) is 11.1. The van der Waals surface area contributed by atoms with Crippen molar-refractivity contribution in [2.75, 3.05) is 0 Å². The highest BCUT2D eigenvalue weighted by atomic mass is 35.5. The van der Waals surface area contributed by atoms with Crippen molar-refractivity contribution < 1.29 is 4.42 Å². The number of hydrogen-bond donors (Lipinski definition) is 1. The first kappa shape index (κ1) is 13.3. The molecule has 0 saturated heterocycles. The molecule has 0 amide bonds. The first-order chi connectivity index (χ1) is 9.54. The molecule has 1 atom stereocenters. The van der Waals surface area contributed by atoms with Gasteiger partial charge in [0.1, 0.15) is 0 Å². The topological polar surface area (TPSA) is 46.0 Å². The van der Waals surface area contributed by atoms with Crippen molar-refractivity contribution in [3.05, 3.63) is 68.7 Å². The van der Waals surface area contributed by atoms with Gasteiger partial charge in [0.05, 0.1) is 10.9 Å². The van der Waals surface area contributed by atoms with Crippen molar-refractivity contribution >= 4 is 34.3 Å². The maximum atomic E-state index is 11.1. The Bertz CT molecular complexity index is 835. The summed E-state index contributed by atoms with van der Waals surface area (Å²) in [7, 11) is 0. The highest BCUT2D eigenvalue weighted by Gasteiger charge is 2.13. The van der Waals surface area contributed by atoms with Crippen LogP contribution in [-0.4, -0.2) is 4.98 Å². The molecule has 0 radical (unpaired) electrons. The van der Waals surface area contributed by atoms with E-state index in [0.717, 1.165) is 16.7 Å². The zero-order valence-corrected chi connectivity index (χ0v) is 12.1. The lowest BCUT2D eigenvalue weighted by Gasteiger charge is -2.11. The fourth-order valence-corrected chi connectivity index (χ4v) is 2.54. The van der Waals surface area contributed by atoms with Crippen molar-refractivity contribution in [3.63, 3.8) is 0 Å². The van der Waals surface area contributed by atoms with Gasteiger partial charge in [0, 0.05) is 5.02 Å². The van der Waals surface area contributed by atoms with Gasteiger partial charge < -0.3 is 4.42 Å². The van der Waals surface area contributed by atoms with Crippen molar-refractivity contribution in [1.82, 2.24) is 4.98 Å². The van der Waals surface area contributed by atoms with Crippen LogP contribution in [0.25, 0.3) is 11.1 Å². The highest BCUT2D eigenvalue weighted by Crippen LogP contribution is 2.32. The molecule has 0 aliphatic carbocycles. The number of hydrogen-bond acceptors (Lipinski definition) is 2. The zero-order chi connectivity index (χ0) is 14.3. The molecule has 20 heavy (non-hydrogen) atoms. The van der Waals surface area contributed by atoms with Gasteiger partial charge in [0.2, 0.25) is 0 Å². The SMILES string of the molecule is Cc1ccc(C(Cl)c2ccc3[nH]c(=O)oc3c2)cc1Cl. The Morgan fingerprint density at radius 3 is 2.60 bits per heavy atom. The smallest absolute Gasteiger partial charge is 0.408 e. The third kappa shape index (κ3) is 2.35. The summed E-state index contributed by atoms with van der Waals surface area (Å²) in [4.78, 5) is 13.7. The molecule has 0 saturated carbocycles. The molecule has 0 fully saturated rings. The summed E-state index contributed by atoms with van der Waals surface area (Å²) >= 11 is 12.6. The summed E-state index contributed by atoms with van der Waals surface area (Å²) in [5.74, 6) is -0.471. The first-order valence-corrected chi connectivity index (χ1v) is 6.89. The van der Waals surface area contributed by atoms with Crippen molar-refractivity contribution in [1.29, 1.82) is 0 Å². The number of nitrogens with one attached hydrogen (secondary N) is 1. The second-order valence-electron chi connectivity index (χ2n) is 4.64. The van der Waals surface area contributed by atoms with E-state index in [1.807, 2.05) is 31.2 Å². The number of alkyl halides is 1. The molecular weight excluding hydrogens is 297 g/mol. The van der Waals surface area contributed by atoms with Crippen LogP contribution in [0.3, 0.4) is 0 Å². The number of benzene rings is 2. The minimum absolute atomic E-state index is 0.349. The van der Waals surface area contributed by atoms with E-state index in [1.165, 1.54) is 0 Å². The lowest BCUT2D eigenvalue weighted by molar-refractivity contribution is 0.555. The van der Waals surface area contributed by atoms with E-state index < -0.39 is 5.76 Å². The van der Waals surface area contributed by atoms with Crippen LogP contribution < -0.4 is 5.76 Å². The van der Waals surface area contributed by atoms with Gasteiger partial charge in [0.25, 0.3) is 0 Å². The fraction of sp³-hybridized carbons (Fsp3) is 0.133. The zero-order valence-electron chi connectivity index (χ0n) is 10.6. The standard InChI is InChI=1S/C15H11Cl2NO2/c1-8-2-3-9(6-11(8)16)14(17)10-4-5-12-13(7-10)20-15(19)18-12/h2-7,14H,1H3,(H,18,19). The normalized spacial score (nSPS) is 12.8. The van der Waals surface area contributed by atoms with E-state index in [2.05, 4.69) is 4.98 Å². The van der Waals surface area contributed by atoms with Crippen LogP contribution in [0, 0.1) is 6.92 Å². The second-order valence-corrected chi connectivity index (χ2v) is 5.48. The van der Waals surface area contributed by atoms with Crippen LogP contribution in [0.2, 0.25) is 5.02 Å². The van der Waals surface area contributed by atoms with Crippen LogP contribution in [-0.2, 0) is 0 Å². The Morgan fingerprint density at radius 1 is 1.15 bits per heavy atom. The van der Waals surface area contributed by atoms with Crippen molar-refractivity contribution in [3.8, 4) is 0 Å².